The number of benzene rings is 1. The Morgan fingerprint density at radius 2 is 2.04 bits per heavy atom. The summed E-state index contributed by atoms with van der Waals surface area (Å²) in [5, 5.41) is 9.05. The summed E-state index contributed by atoms with van der Waals surface area (Å²) in [5.41, 5.74) is 3.07. The predicted octanol–water partition coefficient (Wildman–Crippen LogP) is 2.03. The second-order valence-corrected chi connectivity index (χ2v) is 7.63. The molecule has 0 fully saturated rings. The van der Waals surface area contributed by atoms with E-state index in [1.165, 1.54) is 24.4 Å². The van der Waals surface area contributed by atoms with Crippen molar-refractivity contribution >= 4 is 15.9 Å². The van der Waals surface area contributed by atoms with Crippen LogP contribution in [0.15, 0.2) is 66.3 Å². The molecule has 0 aliphatic heterocycles. The number of aryl methyl sites for hydroxylation is 1. The Kier molecular flexibility index (Phi) is 6.62. The number of sulfonamides is 1. The quantitative estimate of drug-likeness (QED) is 0.418. The monoisotopic (exact) mass is 375 g/mol. The topological polar surface area (TPSA) is 99.6 Å². The van der Waals surface area contributed by atoms with Gasteiger partial charge in [-0.25, -0.2) is 13.9 Å². The minimum atomic E-state index is -4.01. The van der Waals surface area contributed by atoms with Gasteiger partial charge in [-0.05, 0) is 37.1 Å². The molecule has 26 heavy (non-hydrogen) atoms. The van der Waals surface area contributed by atoms with E-state index in [9.17, 15) is 13.2 Å². The van der Waals surface area contributed by atoms with E-state index in [0.717, 1.165) is 9.87 Å². The van der Waals surface area contributed by atoms with Crippen molar-refractivity contribution in [1.82, 2.24) is 14.8 Å². The number of aromatic nitrogens is 1. The first-order chi connectivity index (χ1) is 12.4. The number of nitrogens with zero attached hydrogens (tertiary/aromatic N) is 2. The largest absolute Gasteiger partial charge is 0.289 e. The Hall–Kier alpha value is -2.55. The Balaban J connectivity index is 2.52. The number of pyridine rings is 1. The van der Waals surface area contributed by atoms with Crippen molar-refractivity contribution in [2.45, 2.75) is 30.8 Å². The van der Waals surface area contributed by atoms with Crippen LogP contribution in [0.25, 0.3) is 0 Å². The third-order valence-corrected chi connectivity index (χ3v) is 5.71. The molecular weight excluding hydrogens is 354 g/mol. The molecule has 0 bridgehead atoms. The molecule has 0 spiro atoms. The third kappa shape index (κ3) is 4.54. The fourth-order valence-electron chi connectivity index (χ4n) is 2.47. The van der Waals surface area contributed by atoms with Gasteiger partial charge in [-0.15, -0.1) is 6.58 Å². The number of nitrogens with one attached hydrogen (secondary N) is 1. The standard InChI is InChI=1S/C18H21N3O4S/c1-3-5-17(18(22)20-23)21(13-15-6-4-11-19-12-15)26(24,25)16-9-7-14(2)8-10-16/h3-4,6-12,17,23H,1,5,13H2,2H3,(H,20,22)/t17-/m1/s1. The van der Waals surface area contributed by atoms with Crippen molar-refractivity contribution < 1.29 is 18.4 Å². The highest BCUT2D eigenvalue weighted by molar-refractivity contribution is 7.89. The van der Waals surface area contributed by atoms with Crippen LogP contribution < -0.4 is 5.48 Å². The smallest absolute Gasteiger partial charge is 0.262 e. The van der Waals surface area contributed by atoms with Crippen LogP contribution in [-0.2, 0) is 21.4 Å². The van der Waals surface area contributed by atoms with Gasteiger partial charge < -0.3 is 0 Å². The normalized spacial score (nSPS) is 12.6. The molecule has 0 saturated carbocycles. The molecule has 2 aromatic rings. The van der Waals surface area contributed by atoms with Gasteiger partial charge in [0, 0.05) is 18.9 Å². The maximum atomic E-state index is 13.2. The molecule has 1 atom stereocenters. The molecule has 0 saturated heterocycles. The number of rotatable bonds is 8. The second-order valence-electron chi connectivity index (χ2n) is 5.74. The van der Waals surface area contributed by atoms with Crippen molar-refractivity contribution in [3.63, 3.8) is 0 Å². The van der Waals surface area contributed by atoms with E-state index in [0.29, 0.717) is 5.56 Å². The Morgan fingerprint density at radius 1 is 1.35 bits per heavy atom. The molecule has 8 heteroatoms. The second kappa shape index (κ2) is 8.70. The first-order valence-corrected chi connectivity index (χ1v) is 9.36. The molecule has 138 valence electrons. The van der Waals surface area contributed by atoms with Crippen molar-refractivity contribution in [3.8, 4) is 0 Å². The van der Waals surface area contributed by atoms with Gasteiger partial charge >= 0.3 is 0 Å². The third-order valence-electron chi connectivity index (χ3n) is 3.84. The van der Waals surface area contributed by atoms with Crippen LogP contribution in [0.4, 0.5) is 0 Å². The maximum Gasteiger partial charge on any atom is 0.262 e. The van der Waals surface area contributed by atoms with Gasteiger partial charge in [-0.2, -0.15) is 4.31 Å². The molecule has 2 rings (SSSR count). The van der Waals surface area contributed by atoms with Crippen molar-refractivity contribution in [1.29, 1.82) is 0 Å². The molecule has 1 amide bonds. The first-order valence-electron chi connectivity index (χ1n) is 7.92. The average Bonchev–Trinajstić information content (AvgIpc) is 2.65. The van der Waals surface area contributed by atoms with Gasteiger partial charge in [-0.3, -0.25) is 15.0 Å². The number of carbonyl (C=O) groups is 1. The molecule has 2 N–H and O–H groups in total. The van der Waals surface area contributed by atoms with E-state index in [2.05, 4.69) is 11.6 Å². The van der Waals surface area contributed by atoms with Gasteiger partial charge in [-0.1, -0.05) is 29.8 Å². The summed E-state index contributed by atoms with van der Waals surface area (Å²) in [5.74, 6) is -0.829. The SMILES string of the molecule is C=CC[C@H](C(=O)NO)N(Cc1cccnc1)S(=O)(=O)c1ccc(C)cc1. The highest BCUT2D eigenvalue weighted by Crippen LogP contribution is 2.23. The molecule has 1 aromatic heterocycles. The number of hydroxylamine groups is 1. The number of hydrogen-bond donors (Lipinski definition) is 2. The van der Waals surface area contributed by atoms with Crippen molar-refractivity contribution in [2.75, 3.05) is 0 Å². The zero-order chi connectivity index (χ0) is 19.2. The lowest BCUT2D eigenvalue weighted by molar-refractivity contribution is -0.133. The van der Waals surface area contributed by atoms with E-state index in [1.54, 1.807) is 35.9 Å². The number of amides is 1. The summed E-state index contributed by atoms with van der Waals surface area (Å²) in [6.07, 6.45) is 4.57. The molecule has 1 aromatic carbocycles. The summed E-state index contributed by atoms with van der Waals surface area (Å²) in [6.45, 7) is 5.35. The molecule has 0 aliphatic rings. The van der Waals surface area contributed by atoms with Crippen LogP contribution in [0.2, 0.25) is 0 Å². The van der Waals surface area contributed by atoms with Gasteiger partial charge in [0.15, 0.2) is 0 Å². The van der Waals surface area contributed by atoms with Crippen LogP contribution in [0.1, 0.15) is 17.5 Å². The summed E-state index contributed by atoms with van der Waals surface area (Å²) in [6, 6.07) is 8.59. The lowest BCUT2D eigenvalue weighted by Crippen LogP contribution is -2.48. The maximum absolute atomic E-state index is 13.2. The van der Waals surface area contributed by atoms with Crippen molar-refractivity contribution in [2.24, 2.45) is 0 Å². The summed E-state index contributed by atoms with van der Waals surface area (Å²) in [7, 11) is -4.01. The average molecular weight is 375 g/mol. The minimum Gasteiger partial charge on any atom is -0.289 e. The Morgan fingerprint density at radius 3 is 2.58 bits per heavy atom. The molecule has 7 nitrogen and oxygen atoms in total. The van der Waals surface area contributed by atoms with Gasteiger partial charge in [0.05, 0.1) is 4.90 Å². The predicted molar refractivity (Wildman–Crippen MR) is 96.7 cm³/mol. The lowest BCUT2D eigenvalue weighted by Gasteiger charge is -2.29. The van der Waals surface area contributed by atoms with E-state index in [4.69, 9.17) is 5.21 Å². The van der Waals surface area contributed by atoms with E-state index < -0.39 is 22.0 Å². The molecule has 0 unspecified atom stereocenters. The van der Waals surface area contributed by atoms with Crippen LogP contribution in [0.3, 0.4) is 0 Å². The fourth-order valence-corrected chi connectivity index (χ4v) is 4.05. The van der Waals surface area contributed by atoms with Crippen LogP contribution in [-0.4, -0.2) is 34.9 Å². The molecular formula is C18H21N3O4S. The number of carbonyl (C=O) groups excluding carboxylic acids is 1. The molecule has 0 radical (unpaired) electrons. The van der Waals surface area contributed by atoms with Gasteiger partial charge in [0.1, 0.15) is 6.04 Å². The highest BCUT2D eigenvalue weighted by atomic mass is 32.2. The van der Waals surface area contributed by atoms with E-state index in [-0.39, 0.29) is 17.9 Å². The minimum absolute atomic E-state index is 0.0394. The van der Waals surface area contributed by atoms with E-state index >= 15 is 0 Å². The number of hydrogen-bond acceptors (Lipinski definition) is 5. The summed E-state index contributed by atoms with van der Waals surface area (Å²) >= 11 is 0. The van der Waals surface area contributed by atoms with Gasteiger partial charge in [0.25, 0.3) is 5.91 Å². The van der Waals surface area contributed by atoms with Crippen molar-refractivity contribution in [3.05, 3.63) is 72.6 Å². The lowest BCUT2D eigenvalue weighted by atomic mass is 10.2. The zero-order valence-electron chi connectivity index (χ0n) is 14.4. The van der Waals surface area contributed by atoms with Crippen LogP contribution >= 0.6 is 0 Å². The zero-order valence-corrected chi connectivity index (χ0v) is 15.2. The van der Waals surface area contributed by atoms with Gasteiger partial charge in [0.2, 0.25) is 10.0 Å². The summed E-state index contributed by atoms with van der Waals surface area (Å²) < 4.78 is 27.4. The Bertz CT molecular complexity index is 852. The highest BCUT2D eigenvalue weighted by Gasteiger charge is 2.35. The molecule has 1 heterocycles. The molecule has 0 aliphatic carbocycles. The summed E-state index contributed by atoms with van der Waals surface area (Å²) in [4.78, 5) is 16.2. The Labute approximate surface area is 153 Å². The first kappa shape index (κ1) is 19.8. The van der Waals surface area contributed by atoms with Crippen LogP contribution in [0, 0.1) is 6.92 Å². The fraction of sp³-hybridized carbons (Fsp3) is 0.222. The van der Waals surface area contributed by atoms with Crippen LogP contribution in [0.5, 0.6) is 0 Å². The van der Waals surface area contributed by atoms with E-state index in [1.807, 2.05) is 6.92 Å².